The highest BCUT2D eigenvalue weighted by Crippen LogP contribution is 2.56. The maximum atomic E-state index is 16.8. The molecule has 6 aromatic carbocycles. The minimum absolute atomic E-state index is 0.0348. The molecular formula is C91H110Cl2N12O26. The summed E-state index contributed by atoms with van der Waals surface area (Å²) in [7, 11) is 4.90. The summed E-state index contributed by atoms with van der Waals surface area (Å²) < 4.78 is 51.1. The first-order valence-electron chi connectivity index (χ1n) is 43.7. The molecule has 9 amide bonds. The molecule has 0 aromatic heterocycles. The molecule has 0 spiro atoms. The molecule has 40 heteroatoms. The molecule has 131 heavy (non-hydrogen) atoms. The lowest BCUT2D eigenvalue weighted by Gasteiger charge is -2.54. The third-order valence-corrected chi connectivity index (χ3v) is 26.6. The van der Waals surface area contributed by atoms with Gasteiger partial charge in [-0.15, -0.1) is 0 Å². The van der Waals surface area contributed by atoms with Crippen LogP contribution in [0.5, 0.6) is 40.2 Å². The molecule has 5 aliphatic carbocycles. The number of nitrogens with two attached hydrogens (primary N) is 1. The lowest BCUT2D eigenvalue weighted by molar-refractivity contribution is -0.333. The number of hydrogen-bond acceptors (Lipinski definition) is 30. The molecule has 22 N–H and O–H groups in total. The number of phenols is 1. The number of hydrogen-bond donors (Lipinski definition) is 21. The van der Waals surface area contributed by atoms with E-state index < -0.39 is 220 Å². The minimum Gasteiger partial charge on any atom is -0.508 e. The number of carbonyl (C=O) groups is 9. The van der Waals surface area contributed by atoms with Gasteiger partial charge in [0.05, 0.1) is 54.5 Å². The third kappa shape index (κ3) is 20.2. The zero-order valence-electron chi connectivity index (χ0n) is 72.7. The van der Waals surface area contributed by atoms with Gasteiger partial charge in [0, 0.05) is 47.8 Å². The van der Waals surface area contributed by atoms with Gasteiger partial charge in [-0.3, -0.25) is 48.5 Å². The van der Waals surface area contributed by atoms with Crippen molar-refractivity contribution in [3.8, 4) is 51.4 Å². The number of likely N-dealkylation sites (N-methyl/N-ethyl adjacent to an activating group) is 3. The fourth-order valence-corrected chi connectivity index (χ4v) is 20.0. The fraction of sp³-hybridized carbons (Fsp3) is 0.505. The van der Waals surface area contributed by atoms with E-state index in [1.165, 1.54) is 75.5 Å². The van der Waals surface area contributed by atoms with E-state index in [1.54, 1.807) is 20.2 Å². The van der Waals surface area contributed by atoms with Gasteiger partial charge < -0.3 is 143 Å². The number of aliphatic hydroxyl groups excluding tert-OH is 6. The summed E-state index contributed by atoms with van der Waals surface area (Å²) in [6.07, 6.45) is -14.7. The molecule has 7 heterocycles. The van der Waals surface area contributed by atoms with Gasteiger partial charge in [-0.2, -0.15) is 0 Å². The van der Waals surface area contributed by atoms with E-state index in [9.17, 15) is 55.5 Å². The van der Waals surface area contributed by atoms with Crippen LogP contribution >= 0.6 is 23.2 Å². The average Bonchev–Trinajstić information content (AvgIpc) is 1.56. The van der Waals surface area contributed by atoms with Crippen LogP contribution in [0.1, 0.15) is 164 Å². The largest absolute Gasteiger partial charge is 0.508 e. The Kier molecular flexibility index (Phi) is 28.7. The molecule has 12 aliphatic rings. The molecule has 2 saturated heterocycles. The van der Waals surface area contributed by atoms with E-state index in [2.05, 4.69) is 58.5 Å². The Hall–Kier alpha value is -10.3. The van der Waals surface area contributed by atoms with Crippen molar-refractivity contribution in [3.05, 3.63) is 157 Å². The molecule has 6 fully saturated rings. The zero-order valence-corrected chi connectivity index (χ0v) is 74.2. The number of fused-ring (bicyclic) bond motifs is 12. The number of rotatable bonds is 24. The molecule has 18 atom stereocenters. The molecule has 7 aliphatic heterocycles. The van der Waals surface area contributed by atoms with Crippen molar-refractivity contribution in [2.75, 3.05) is 54.1 Å². The van der Waals surface area contributed by atoms with Crippen LogP contribution in [-0.4, -0.2) is 238 Å². The average molecular weight is 1860 g/mol. The van der Waals surface area contributed by atoms with Crippen LogP contribution in [0, 0.1) is 29.6 Å². The monoisotopic (exact) mass is 1860 g/mol. The Bertz CT molecular complexity index is 5350. The van der Waals surface area contributed by atoms with E-state index in [-0.39, 0.29) is 123 Å². The quantitative estimate of drug-likeness (QED) is 0.0304. The molecule has 4 saturated carbocycles. The number of benzene rings is 6. The first-order valence-corrected chi connectivity index (χ1v) is 44.5. The SMILES string of the molecule is CNCCOCc1cc(OCCNC)cc(C(=O)NC(=O)C[C@@H]2NC(=O)[C@H](NC(=O)[C@@H](CC(C)C)NC)[C@H](O)c3ccc(c(Cl)c3)Oc3cc4cc(c3O[C@@H]3O[C@H](CO)[C@@H](O)[C@H](O)[C@H]3O[C@H]3C[C@](C)(N)[C@H](O)[C@H](C)O3)Oc3ccc(cc3Cl)[C@@H](O)[C@@H]3NC(=O)[C@H](NC(=O)[C@@H]4NC2=O)c2ccc4c(c2)-c2c(cc(O)cc2C4(O)O)[C@@H](C(=O)NC2C4CC5CC(C4)CC2C5)NC3=O)c1. The lowest BCUT2D eigenvalue weighted by Crippen LogP contribution is -2.64. The predicted octanol–water partition coefficient (Wildman–Crippen LogP) is 1.86. The smallest absolute Gasteiger partial charge is 0.257 e. The minimum atomic E-state index is -3.01. The molecule has 0 radical (unpaired) electrons. The van der Waals surface area contributed by atoms with Crippen molar-refractivity contribution < 1.29 is 127 Å². The number of carbonyl (C=O) groups excluding carboxylic acids is 9. The maximum Gasteiger partial charge on any atom is 0.257 e. The highest BCUT2D eigenvalue weighted by atomic mass is 35.5. The van der Waals surface area contributed by atoms with Gasteiger partial charge in [0.2, 0.25) is 65.1 Å². The van der Waals surface area contributed by atoms with Crippen LogP contribution in [0.15, 0.2) is 97.1 Å². The highest BCUT2D eigenvalue weighted by molar-refractivity contribution is 6.32. The van der Waals surface area contributed by atoms with Crippen molar-refractivity contribution in [3.63, 3.8) is 0 Å². The Morgan fingerprint density at radius 2 is 1.30 bits per heavy atom. The van der Waals surface area contributed by atoms with Gasteiger partial charge >= 0.3 is 0 Å². The Morgan fingerprint density at radius 1 is 0.664 bits per heavy atom. The predicted molar refractivity (Wildman–Crippen MR) is 465 cm³/mol. The van der Waals surface area contributed by atoms with E-state index in [4.69, 9.17) is 66.8 Å². The number of nitrogens with one attached hydrogen (secondary N) is 11. The molecule has 0 unspecified atom stereocenters. The second-order valence-electron chi connectivity index (χ2n) is 36.0. The van der Waals surface area contributed by atoms with Crippen molar-refractivity contribution in [2.24, 2.45) is 35.3 Å². The van der Waals surface area contributed by atoms with Crippen LogP contribution in [0.25, 0.3) is 11.1 Å². The lowest BCUT2D eigenvalue weighted by atomic mass is 9.54. The van der Waals surface area contributed by atoms with Crippen LogP contribution in [0.3, 0.4) is 0 Å². The first kappa shape index (κ1) is 95.3. The van der Waals surface area contributed by atoms with Gasteiger partial charge in [0.15, 0.2) is 23.9 Å². The molecule has 15 bridgehead atoms. The summed E-state index contributed by atoms with van der Waals surface area (Å²) in [5, 5.41) is 137. The Labute approximate surface area is 762 Å². The zero-order chi connectivity index (χ0) is 93.7. The second kappa shape index (κ2) is 39.5. The van der Waals surface area contributed by atoms with Gasteiger partial charge in [0.25, 0.3) is 5.91 Å². The van der Waals surface area contributed by atoms with Crippen molar-refractivity contribution in [1.82, 2.24) is 58.5 Å². The standard InChI is InChI=1S/C91H110Cl2N12O26/c1-38(2)18-58(97-7)82(115)104-72-74(109)44-9-12-60(56(92)28-44)127-62-30-48-31-63(78(62)131-89-79(77(112)76(111)64(36-106)129-89)130-66-35-90(4,94)80(113)39(3)126-66)128-61-13-10-45(29-57(61)93)75(110)73-88(121)103-71(86(119)100-68-46-20-40-19-41(22-46)23-47(68)21-40)53-32-50(107)33-55-67(53)52-27-43(8-11-54(52)91(55,122)123)69(84(117)105-73)102-85(118)70(48)101-83(116)59(98-87(72)120)34-65(108)99-81(114)49-24-42(37-124-16-14-95-5)25-51(26-49)125-17-15-96-6/h8-13,24-33,38-41,46-47,58-59,64,66,68-77,79-80,89,95-97,106-107,109-113,122-123H,14-23,34-37,94H2,1-7H3,(H,98,120)(H,100,119)(H,101,116)(H,102,118)(H,103,121)(H,104,115)(H,105,117)(H,99,108,114)/t39-,40?,41?,46?,47?,58+,59-,64+,66-,68?,69+,70+,71-,72+,73-,74+,75+,76+,77-,79+,80+,89-,90-/m0/s1. The third-order valence-electron chi connectivity index (χ3n) is 26.0. The normalized spacial score (nSPS) is 30.2. The molecule has 6 aromatic rings. The number of amides is 9. The maximum absolute atomic E-state index is 16.8. The van der Waals surface area contributed by atoms with Crippen molar-refractivity contribution >= 4 is 76.4 Å². The second-order valence-corrected chi connectivity index (χ2v) is 36.8. The molecule has 18 rings (SSSR count). The summed E-state index contributed by atoms with van der Waals surface area (Å²) >= 11 is 14.6. The van der Waals surface area contributed by atoms with Gasteiger partial charge in [-0.05, 0) is 220 Å². The number of halogens is 2. The summed E-state index contributed by atoms with van der Waals surface area (Å²) in [6.45, 7) is 6.86. The van der Waals surface area contributed by atoms with Crippen LogP contribution < -0.4 is 83.2 Å². The molecular weight excluding hydrogens is 1750 g/mol. The van der Waals surface area contributed by atoms with Gasteiger partial charge in [-0.1, -0.05) is 61.3 Å². The number of aliphatic hydroxyl groups is 8. The fourth-order valence-electron chi connectivity index (χ4n) is 19.5. The summed E-state index contributed by atoms with van der Waals surface area (Å²) in [5.41, 5.74) is 3.21. The number of phenolic OH excluding ortho intramolecular Hbond substituents is 1. The van der Waals surface area contributed by atoms with E-state index in [1.807, 2.05) is 13.8 Å². The Balaban J connectivity index is 0.921. The van der Waals surface area contributed by atoms with Crippen molar-refractivity contribution in [1.29, 1.82) is 0 Å². The summed E-state index contributed by atoms with van der Waals surface area (Å²) in [5.74, 6) is -16.1. The van der Waals surface area contributed by atoms with E-state index >= 15 is 33.6 Å². The number of imide groups is 1. The summed E-state index contributed by atoms with van der Waals surface area (Å²) in [6, 6.07) is 4.82. The summed E-state index contributed by atoms with van der Waals surface area (Å²) in [4.78, 5) is 141. The highest BCUT2D eigenvalue weighted by Gasteiger charge is 2.54. The molecule has 38 nitrogen and oxygen atoms in total. The van der Waals surface area contributed by atoms with E-state index in [0.29, 0.717) is 30.5 Å². The van der Waals surface area contributed by atoms with Gasteiger partial charge in [0.1, 0.15) is 96.4 Å². The van der Waals surface area contributed by atoms with Crippen LogP contribution in [0.4, 0.5) is 0 Å². The van der Waals surface area contributed by atoms with Crippen LogP contribution in [0.2, 0.25) is 10.0 Å². The van der Waals surface area contributed by atoms with E-state index in [0.717, 1.165) is 68.5 Å². The Morgan fingerprint density at radius 3 is 1.93 bits per heavy atom. The topological polar surface area (TPSA) is 568 Å². The first-order chi connectivity index (χ1) is 62.4. The number of ether oxygens (including phenoxy) is 8. The molecule has 704 valence electrons. The number of aromatic hydroxyl groups is 1. The van der Waals surface area contributed by atoms with Crippen molar-refractivity contribution in [2.45, 2.75) is 207 Å². The van der Waals surface area contributed by atoms with Gasteiger partial charge in [-0.25, -0.2) is 0 Å². The van der Waals surface area contributed by atoms with Crippen LogP contribution in [-0.2, 0) is 69.7 Å².